The molecular weight excluding hydrogens is 395 g/mol. The second-order valence-electron chi connectivity index (χ2n) is 7.62. The Hall–Kier alpha value is -3.94. The highest BCUT2D eigenvalue weighted by Crippen LogP contribution is 2.32. The molecule has 1 aromatic carbocycles. The van der Waals surface area contributed by atoms with Gasteiger partial charge in [-0.2, -0.15) is 0 Å². The van der Waals surface area contributed by atoms with E-state index in [1.165, 1.54) is 18.5 Å². The van der Waals surface area contributed by atoms with Gasteiger partial charge in [0.1, 0.15) is 17.3 Å². The summed E-state index contributed by atoms with van der Waals surface area (Å²) in [5, 5.41) is 16.0. The molecule has 1 saturated carbocycles. The summed E-state index contributed by atoms with van der Waals surface area (Å²) in [4.78, 5) is 24.8. The van der Waals surface area contributed by atoms with Gasteiger partial charge in [0.25, 0.3) is 5.91 Å². The van der Waals surface area contributed by atoms with E-state index in [0.717, 1.165) is 24.7 Å². The molecule has 2 aromatic heterocycles. The van der Waals surface area contributed by atoms with E-state index in [9.17, 15) is 9.18 Å². The van der Waals surface area contributed by atoms with Gasteiger partial charge in [-0.05, 0) is 48.2 Å². The Balaban J connectivity index is 1.44. The summed E-state index contributed by atoms with van der Waals surface area (Å²) in [7, 11) is 0. The van der Waals surface area contributed by atoms with Crippen LogP contribution in [0.3, 0.4) is 0 Å². The highest BCUT2D eigenvalue weighted by molar-refractivity contribution is 6.10. The minimum atomic E-state index is -0.392. The molecule has 8 heteroatoms. The van der Waals surface area contributed by atoms with Gasteiger partial charge in [-0.15, -0.1) is 0 Å². The Labute approximate surface area is 178 Å². The maximum absolute atomic E-state index is 14.2. The lowest BCUT2D eigenvalue weighted by Crippen LogP contribution is -2.32. The molecule has 154 valence electrons. The number of aromatic nitrogens is 2. The first-order valence-corrected chi connectivity index (χ1v) is 9.96. The van der Waals surface area contributed by atoms with Gasteiger partial charge >= 0.3 is 0 Å². The molecule has 1 amide bonds. The largest absolute Gasteiger partial charge is 0.313 e. The average Bonchev–Trinajstić information content (AvgIpc) is 3.58. The van der Waals surface area contributed by atoms with Gasteiger partial charge in [-0.3, -0.25) is 25.5 Å². The number of anilines is 1. The van der Waals surface area contributed by atoms with Crippen molar-refractivity contribution in [3.63, 3.8) is 0 Å². The second kappa shape index (κ2) is 7.39. The van der Waals surface area contributed by atoms with Gasteiger partial charge in [0.05, 0.1) is 12.9 Å². The molecule has 1 fully saturated rings. The lowest BCUT2D eigenvalue weighted by atomic mass is 10.0. The Morgan fingerprint density at radius 2 is 2.03 bits per heavy atom. The predicted molar refractivity (Wildman–Crippen MR) is 115 cm³/mol. The van der Waals surface area contributed by atoms with Gasteiger partial charge in [0.15, 0.2) is 5.84 Å². The fourth-order valence-corrected chi connectivity index (χ4v) is 3.79. The van der Waals surface area contributed by atoms with Gasteiger partial charge in [0.2, 0.25) is 0 Å². The molecular formula is C23H19FN6O. The van der Waals surface area contributed by atoms with Crippen LogP contribution in [-0.2, 0) is 6.54 Å². The van der Waals surface area contributed by atoms with Gasteiger partial charge in [-0.25, -0.2) is 9.37 Å². The van der Waals surface area contributed by atoms with Gasteiger partial charge in [0, 0.05) is 29.6 Å². The highest BCUT2D eigenvalue weighted by Gasteiger charge is 2.32. The summed E-state index contributed by atoms with van der Waals surface area (Å²) in [6.45, 7) is 0.352. The Kier molecular flexibility index (Phi) is 4.54. The van der Waals surface area contributed by atoms with Crippen molar-refractivity contribution >= 4 is 23.9 Å². The van der Waals surface area contributed by atoms with Gasteiger partial charge < -0.3 is 4.90 Å². The van der Waals surface area contributed by atoms with Crippen LogP contribution in [0.25, 0.3) is 11.1 Å². The fraction of sp³-hybridized carbons (Fsp3) is 0.174. The van der Waals surface area contributed by atoms with E-state index in [2.05, 4.69) is 9.97 Å². The first kappa shape index (κ1) is 19.0. The number of nitrogens with zero attached hydrogens (tertiary/aromatic N) is 4. The number of halogens is 1. The SMILES string of the molecule is N=CN(C(=N)c1cccc(N2Cc3ccc(-c4cnccc4F)cc3C2=O)n1)C1CC1. The number of carbonyl (C=O) groups is 1. The van der Waals surface area contributed by atoms with Crippen LogP contribution in [-0.4, -0.2) is 39.0 Å². The minimum absolute atomic E-state index is 0.151. The number of pyridine rings is 2. The van der Waals surface area contributed by atoms with Crippen LogP contribution in [0.4, 0.5) is 10.2 Å². The number of hydrogen-bond acceptors (Lipinski definition) is 5. The first-order valence-electron chi connectivity index (χ1n) is 9.96. The summed E-state index contributed by atoms with van der Waals surface area (Å²) in [5.41, 5.74) is 2.68. The molecule has 0 saturated heterocycles. The summed E-state index contributed by atoms with van der Waals surface area (Å²) >= 11 is 0. The number of hydrogen-bond donors (Lipinski definition) is 2. The maximum Gasteiger partial charge on any atom is 0.260 e. The molecule has 0 unspecified atom stereocenters. The normalized spacial score (nSPS) is 15.0. The quantitative estimate of drug-likeness (QED) is 0.490. The van der Waals surface area contributed by atoms with Crippen LogP contribution in [0, 0.1) is 16.6 Å². The molecule has 2 N–H and O–H groups in total. The molecule has 31 heavy (non-hydrogen) atoms. The van der Waals surface area contributed by atoms with Crippen LogP contribution in [0.15, 0.2) is 54.9 Å². The number of rotatable bonds is 5. The summed E-state index contributed by atoms with van der Waals surface area (Å²) in [6.07, 6.45) is 5.90. The molecule has 1 aliphatic heterocycles. The van der Waals surface area contributed by atoms with E-state index in [1.54, 1.807) is 40.1 Å². The van der Waals surface area contributed by atoms with Crippen molar-refractivity contribution in [1.82, 2.24) is 14.9 Å². The number of amides is 1. The zero-order valence-corrected chi connectivity index (χ0v) is 16.5. The molecule has 3 aromatic rings. The monoisotopic (exact) mass is 414 g/mol. The molecule has 0 atom stereocenters. The third kappa shape index (κ3) is 3.35. The number of benzene rings is 1. The Morgan fingerprint density at radius 3 is 2.77 bits per heavy atom. The molecule has 0 radical (unpaired) electrons. The Morgan fingerprint density at radius 1 is 1.19 bits per heavy atom. The number of fused-ring (bicyclic) bond motifs is 1. The highest BCUT2D eigenvalue weighted by atomic mass is 19.1. The van der Waals surface area contributed by atoms with Crippen molar-refractivity contribution < 1.29 is 9.18 Å². The third-order valence-corrected chi connectivity index (χ3v) is 5.58. The zero-order valence-electron chi connectivity index (χ0n) is 16.5. The molecule has 5 rings (SSSR count). The standard InChI is InChI=1S/C23H19FN6O/c24-19-8-9-27-11-18(19)14-4-5-15-12-29(23(31)17(15)10-14)21-3-1-2-20(28-21)22(26)30(13-25)16-6-7-16/h1-5,8-11,13,16,25-26H,6-7,12H2. The van der Waals surface area contributed by atoms with Crippen molar-refractivity contribution in [2.24, 2.45) is 0 Å². The Bertz CT molecular complexity index is 1220. The van der Waals surface area contributed by atoms with E-state index in [-0.39, 0.29) is 17.8 Å². The number of carbonyl (C=O) groups excluding carboxylic acids is 1. The van der Waals surface area contributed by atoms with E-state index in [1.807, 2.05) is 6.07 Å². The zero-order chi connectivity index (χ0) is 21.5. The molecule has 0 bridgehead atoms. The molecule has 7 nitrogen and oxygen atoms in total. The van der Waals surface area contributed by atoms with E-state index in [0.29, 0.717) is 34.7 Å². The predicted octanol–water partition coefficient (Wildman–Crippen LogP) is 3.84. The van der Waals surface area contributed by atoms with E-state index >= 15 is 0 Å². The van der Waals surface area contributed by atoms with Crippen LogP contribution >= 0.6 is 0 Å². The van der Waals surface area contributed by atoms with Crippen LogP contribution < -0.4 is 4.90 Å². The second-order valence-corrected chi connectivity index (χ2v) is 7.62. The van der Waals surface area contributed by atoms with Crippen LogP contribution in [0.1, 0.15) is 34.5 Å². The molecule has 0 spiro atoms. The lowest BCUT2D eigenvalue weighted by Gasteiger charge is -2.20. The smallest absolute Gasteiger partial charge is 0.260 e. The first-order chi connectivity index (χ1) is 15.1. The maximum atomic E-state index is 14.2. The van der Waals surface area contributed by atoms with E-state index < -0.39 is 5.82 Å². The topological polar surface area (TPSA) is 97.0 Å². The van der Waals surface area contributed by atoms with Crippen molar-refractivity contribution in [3.05, 3.63) is 77.5 Å². The minimum Gasteiger partial charge on any atom is -0.313 e. The van der Waals surface area contributed by atoms with Crippen molar-refractivity contribution in [1.29, 1.82) is 10.8 Å². The van der Waals surface area contributed by atoms with Crippen molar-refractivity contribution in [2.45, 2.75) is 25.4 Å². The van der Waals surface area contributed by atoms with E-state index in [4.69, 9.17) is 10.8 Å². The van der Waals surface area contributed by atoms with Gasteiger partial charge in [-0.1, -0.05) is 18.2 Å². The average molecular weight is 414 g/mol. The summed E-state index contributed by atoms with van der Waals surface area (Å²) < 4.78 is 14.2. The molecule has 1 aliphatic carbocycles. The summed E-state index contributed by atoms with van der Waals surface area (Å²) in [5.74, 6) is -0.0175. The summed E-state index contributed by atoms with van der Waals surface area (Å²) in [6, 6.07) is 12.0. The lowest BCUT2D eigenvalue weighted by molar-refractivity contribution is 0.0996. The number of amidine groups is 1. The molecule has 3 heterocycles. The number of nitrogens with one attached hydrogen (secondary N) is 2. The van der Waals surface area contributed by atoms with Crippen LogP contribution in [0.2, 0.25) is 0 Å². The van der Waals surface area contributed by atoms with Crippen LogP contribution in [0.5, 0.6) is 0 Å². The van der Waals surface area contributed by atoms with Crippen molar-refractivity contribution in [2.75, 3.05) is 4.90 Å². The molecule has 2 aliphatic rings. The fourth-order valence-electron chi connectivity index (χ4n) is 3.79. The third-order valence-electron chi connectivity index (χ3n) is 5.58. The van der Waals surface area contributed by atoms with Crippen molar-refractivity contribution in [3.8, 4) is 11.1 Å².